The minimum Gasteiger partial charge on any atom is -0.296 e. The molecule has 1 aliphatic heterocycles. The highest BCUT2D eigenvalue weighted by molar-refractivity contribution is 7.89. The molecule has 19 heavy (non-hydrogen) atoms. The Balaban J connectivity index is 1.93. The van der Waals surface area contributed by atoms with Crippen LogP contribution in [0.2, 0.25) is 0 Å². The fourth-order valence-corrected chi connectivity index (χ4v) is 3.30. The average molecular weight is 286 g/mol. The maximum Gasteiger partial charge on any atom is 0.213 e. The molecule has 0 bridgehead atoms. The van der Waals surface area contributed by atoms with E-state index in [4.69, 9.17) is 0 Å². The number of piperazine rings is 1. The second-order valence-electron chi connectivity index (χ2n) is 4.67. The minimum absolute atomic E-state index is 0.139. The SMILES string of the molecule is CCS(=O)(=O)N1CCN(Cc2ccccc2F)CC1. The van der Waals surface area contributed by atoms with Crippen molar-refractivity contribution in [2.24, 2.45) is 0 Å². The maximum absolute atomic E-state index is 13.5. The molecule has 2 rings (SSSR count). The van der Waals surface area contributed by atoms with Crippen LogP contribution in [0.1, 0.15) is 12.5 Å². The summed E-state index contributed by atoms with van der Waals surface area (Å²) in [6, 6.07) is 6.71. The number of halogens is 1. The van der Waals surface area contributed by atoms with E-state index in [1.165, 1.54) is 10.4 Å². The minimum atomic E-state index is -3.09. The van der Waals surface area contributed by atoms with Crippen molar-refractivity contribution < 1.29 is 12.8 Å². The molecule has 0 aromatic heterocycles. The van der Waals surface area contributed by atoms with Gasteiger partial charge in [0.05, 0.1) is 5.75 Å². The van der Waals surface area contributed by atoms with E-state index in [1.807, 2.05) is 6.07 Å². The van der Waals surface area contributed by atoms with Crippen LogP contribution in [0.25, 0.3) is 0 Å². The highest BCUT2D eigenvalue weighted by atomic mass is 32.2. The van der Waals surface area contributed by atoms with Crippen LogP contribution in [0.15, 0.2) is 24.3 Å². The van der Waals surface area contributed by atoms with Crippen molar-refractivity contribution in [3.63, 3.8) is 0 Å². The number of rotatable bonds is 4. The molecule has 0 spiro atoms. The van der Waals surface area contributed by atoms with Crippen LogP contribution < -0.4 is 0 Å². The van der Waals surface area contributed by atoms with Gasteiger partial charge < -0.3 is 0 Å². The summed E-state index contributed by atoms with van der Waals surface area (Å²) in [5.41, 5.74) is 0.661. The van der Waals surface area contributed by atoms with Gasteiger partial charge in [-0.2, -0.15) is 4.31 Å². The van der Waals surface area contributed by atoms with Gasteiger partial charge in [-0.1, -0.05) is 18.2 Å². The number of sulfonamides is 1. The van der Waals surface area contributed by atoms with Gasteiger partial charge in [-0.15, -0.1) is 0 Å². The fraction of sp³-hybridized carbons (Fsp3) is 0.538. The molecule has 1 fully saturated rings. The summed E-state index contributed by atoms with van der Waals surface area (Å²) in [5, 5.41) is 0. The van der Waals surface area contributed by atoms with E-state index < -0.39 is 10.0 Å². The topological polar surface area (TPSA) is 40.6 Å². The smallest absolute Gasteiger partial charge is 0.213 e. The summed E-state index contributed by atoms with van der Waals surface area (Å²) in [6.07, 6.45) is 0. The molecule has 6 heteroatoms. The molecule has 0 radical (unpaired) electrons. The first-order chi connectivity index (χ1) is 9.03. The standard InChI is InChI=1S/C13H19FN2O2S/c1-2-19(17,18)16-9-7-15(8-10-16)11-12-5-3-4-6-13(12)14/h3-6H,2,7-11H2,1H3. The fourth-order valence-electron chi connectivity index (χ4n) is 2.22. The van der Waals surface area contributed by atoms with E-state index >= 15 is 0 Å². The van der Waals surface area contributed by atoms with Gasteiger partial charge in [-0.25, -0.2) is 12.8 Å². The van der Waals surface area contributed by atoms with Crippen molar-refractivity contribution in [2.75, 3.05) is 31.9 Å². The van der Waals surface area contributed by atoms with Gasteiger partial charge in [-0.05, 0) is 13.0 Å². The van der Waals surface area contributed by atoms with Crippen LogP contribution in [-0.2, 0) is 16.6 Å². The first kappa shape index (κ1) is 14.4. The summed E-state index contributed by atoms with van der Waals surface area (Å²) in [7, 11) is -3.09. The summed E-state index contributed by atoms with van der Waals surface area (Å²) >= 11 is 0. The first-order valence-electron chi connectivity index (χ1n) is 6.46. The molecule has 1 aromatic rings. The van der Waals surface area contributed by atoms with E-state index in [0.29, 0.717) is 38.3 Å². The summed E-state index contributed by atoms with van der Waals surface area (Å²) in [5.74, 6) is -0.0635. The lowest BCUT2D eigenvalue weighted by molar-refractivity contribution is 0.180. The van der Waals surface area contributed by atoms with Crippen molar-refractivity contribution in [2.45, 2.75) is 13.5 Å². The zero-order valence-electron chi connectivity index (χ0n) is 11.0. The van der Waals surface area contributed by atoms with E-state index in [2.05, 4.69) is 4.90 Å². The van der Waals surface area contributed by atoms with Crippen LogP contribution in [0.3, 0.4) is 0 Å². The molecule has 0 aliphatic carbocycles. The lowest BCUT2D eigenvalue weighted by Gasteiger charge is -2.33. The van der Waals surface area contributed by atoms with E-state index in [9.17, 15) is 12.8 Å². The van der Waals surface area contributed by atoms with Crippen LogP contribution in [0.4, 0.5) is 4.39 Å². The van der Waals surface area contributed by atoms with E-state index in [0.717, 1.165) is 0 Å². The molecule has 0 atom stereocenters. The molecule has 0 saturated carbocycles. The molecule has 106 valence electrons. The predicted molar refractivity (Wildman–Crippen MR) is 72.7 cm³/mol. The molecule has 1 heterocycles. The van der Waals surface area contributed by atoms with Gasteiger partial charge in [0.1, 0.15) is 5.82 Å². The maximum atomic E-state index is 13.5. The molecule has 4 nitrogen and oxygen atoms in total. The van der Waals surface area contributed by atoms with Crippen molar-refractivity contribution in [1.29, 1.82) is 0 Å². The van der Waals surface area contributed by atoms with Crippen LogP contribution in [0, 0.1) is 5.82 Å². The van der Waals surface area contributed by atoms with Crippen molar-refractivity contribution in [3.8, 4) is 0 Å². The van der Waals surface area contributed by atoms with Crippen molar-refractivity contribution in [1.82, 2.24) is 9.21 Å². The third kappa shape index (κ3) is 3.52. The van der Waals surface area contributed by atoms with Crippen LogP contribution >= 0.6 is 0 Å². The normalized spacial score (nSPS) is 18.6. The first-order valence-corrected chi connectivity index (χ1v) is 8.07. The zero-order chi connectivity index (χ0) is 13.9. The molecule has 0 N–H and O–H groups in total. The number of nitrogens with zero attached hydrogens (tertiary/aromatic N) is 2. The summed E-state index contributed by atoms with van der Waals surface area (Å²) in [6.45, 7) is 4.46. The Hall–Kier alpha value is -0.980. The molecule has 1 aromatic carbocycles. The Morgan fingerprint density at radius 1 is 1.16 bits per heavy atom. The number of benzene rings is 1. The van der Waals surface area contributed by atoms with Gasteiger partial charge in [0.2, 0.25) is 10.0 Å². The average Bonchev–Trinajstić information content (AvgIpc) is 2.42. The van der Waals surface area contributed by atoms with E-state index in [1.54, 1.807) is 19.1 Å². The van der Waals surface area contributed by atoms with Gasteiger partial charge in [0.15, 0.2) is 0 Å². The third-order valence-corrected chi connectivity index (χ3v) is 5.32. The molecule has 0 amide bonds. The van der Waals surface area contributed by atoms with Gasteiger partial charge in [0, 0.05) is 38.3 Å². The van der Waals surface area contributed by atoms with Crippen LogP contribution in [-0.4, -0.2) is 49.6 Å². The van der Waals surface area contributed by atoms with E-state index in [-0.39, 0.29) is 11.6 Å². The Morgan fingerprint density at radius 2 is 1.79 bits per heavy atom. The highest BCUT2D eigenvalue weighted by Crippen LogP contribution is 2.13. The predicted octanol–water partition coefficient (Wildman–Crippen LogP) is 1.29. The number of hydrogen-bond acceptors (Lipinski definition) is 3. The Kier molecular flexibility index (Phi) is 4.54. The quantitative estimate of drug-likeness (QED) is 0.837. The molecule has 0 unspecified atom stereocenters. The summed E-state index contributed by atoms with van der Waals surface area (Å²) < 4.78 is 38.5. The molecular weight excluding hydrogens is 267 g/mol. The molecule has 1 saturated heterocycles. The number of hydrogen-bond donors (Lipinski definition) is 0. The molecular formula is C13H19FN2O2S. The van der Waals surface area contributed by atoms with Crippen molar-refractivity contribution in [3.05, 3.63) is 35.6 Å². The lowest BCUT2D eigenvalue weighted by Crippen LogP contribution is -2.48. The highest BCUT2D eigenvalue weighted by Gasteiger charge is 2.25. The Bertz CT molecular complexity index is 525. The van der Waals surface area contributed by atoms with Gasteiger partial charge in [-0.3, -0.25) is 4.90 Å². The monoisotopic (exact) mass is 286 g/mol. The largest absolute Gasteiger partial charge is 0.296 e. The third-order valence-electron chi connectivity index (χ3n) is 3.44. The Morgan fingerprint density at radius 3 is 2.37 bits per heavy atom. The molecule has 1 aliphatic rings. The lowest BCUT2D eigenvalue weighted by atomic mass is 10.2. The summed E-state index contributed by atoms with van der Waals surface area (Å²) in [4.78, 5) is 2.08. The van der Waals surface area contributed by atoms with Crippen LogP contribution in [0.5, 0.6) is 0 Å². The zero-order valence-corrected chi connectivity index (χ0v) is 11.9. The van der Waals surface area contributed by atoms with Crippen molar-refractivity contribution >= 4 is 10.0 Å². The van der Waals surface area contributed by atoms with Gasteiger partial charge >= 0.3 is 0 Å². The second-order valence-corrected chi connectivity index (χ2v) is 6.92. The Labute approximate surface area is 113 Å². The second kappa shape index (κ2) is 5.98. The van der Waals surface area contributed by atoms with Gasteiger partial charge in [0.25, 0.3) is 0 Å².